The Morgan fingerprint density at radius 1 is 1.14 bits per heavy atom. The highest BCUT2D eigenvalue weighted by atomic mass is 32.1. The van der Waals surface area contributed by atoms with Gasteiger partial charge in [0, 0.05) is 59.8 Å². The number of aromatic amines is 1. The highest BCUT2D eigenvalue weighted by Crippen LogP contribution is 2.37. The molecule has 180 valence electrons. The molecule has 1 fully saturated rings. The largest absolute Gasteiger partial charge is 0.367 e. The van der Waals surface area contributed by atoms with E-state index in [4.69, 9.17) is 5.73 Å². The Hall–Kier alpha value is -4.16. The topological polar surface area (TPSA) is 112 Å². The number of rotatable bonds is 6. The van der Waals surface area contributed by atoms with Crippen LogP contribution in [0.3, 0.4) is 0 Å². The van der Waals surface area contributed by atoms with Crippen molar-refractivity contribution in [1.82, 2.24) is 24.7 Å². The van der Waals surface area contributed by atoms with Crippen molar-refractivity contribution < 1.29 is 0 Å². The molecular weight excluding hydrogens is 468 g/mol. The summed E-state index contributed by atoms with van der Waals surface area (Å²) >= 11 is 1.70. The maximum Gasteiger partial charge on any atom is 0.239 e. The van der Waals surface area contributed by atoms with Gasteiger partial charge in [0.15, 0.2) is 5.13 Å². The van der Waals surface area contributed by atoms with Crippen LogP contribution in [0.4, 0.5) is 11.1 Å². The third kappa shape index (κ3) is 4.32. The number of hydrogen-bond acceptors (Lipinski definition) is 7. The normalized spacial score (nSPS) is 14.4. The minimum atomic E-state index is 0.280. The summed E-state index contributed by atoms with van der Waals surface area (Å²) in [5.74, 6) is 1.08. The number of fused-ring (bicyclic) bond motifs is 1. The van der Waals surface area contributed by atoms with Gasteiger partial charge in [0.05, 0.1) is 11.6 Å². The zero-order valence-electron chi connectivity index (χ0n) is 19.8. The van der Waals surface area contributed by atoms with Gasteiger partial charge in [0.1, 0.15) is 5.82 Å². The predicted molar refractivity (Wildman–Crippen MR) is 143 cm³/mol. The van der Waals surface area contributed by atoms with Crippen molar-refractivity contribution in [2.75, 3.05) is 23.7 Å². The van der Waals surface area contributed by atoms with E-state index in [2.05, 4.69) is 66.2 Å². The maximum atomic E-state index is 9.44. The number of piperidine rings is 1. The van der Waals surface area contributed by atoms with Crippen molar-refractivity contribution in [2.24, 2.45) is 0 Å². The van der Waals surface area contributed by atoms with Gasteiger partial charge in [-0.25, -0.2) is 4.98 Å². The minimum absolute atomic E-state index is 0.280. The number of nitrogens with one attached hydrogen (secondary N) is 1. The lowest BCUT2D eigenvalue weighted by atomic mass is 10.0. The molecule has 3 aromatic heterocycles. The second kappa shape index (κ2) is 9.47. The molecule has 36 heavy (non-hydrogen) atoms. The number of H-pyrrole nitrogens is 1. The molecular formula is C27H26N8S. The van der Waals surface area contributed by atoms with Crippen molar-refractivity contribution in [3.05, 3.63) is 77.2 Å². The van der Waals surface area contributed by atoms with E-state index in [-0.39, 0.29) is 5.95 Å². The molecule has 8 nitrogen and oxygen atoms in total. The molecule has 0 spiro atoms. The fraction of sp³-hybridized carbons (Fsp3) is 0.259. The van der Waals surface area contributed by atoms with E-state index in [1.54, 1.807) is 11.3 Å². The number of nitrogen functional groups attached to an aromatic ring is 1. The smallest absolute Gasteiger partial charge is 0.239 e. The van der Waals surface area contributed by atoms with E-state index in [1.165, 1.54) is 22.0 Å². The molecule has 1 saturated heterocycles. The van der Waals surface area contributed by atoms with Crippen LogP contribution in [0.1, 0.15) is 35.8 Å². The highest BCUT2D eigenvalue weighted by molar-refractivity contribution is 7.13. The van der Waals surface area contributed by atoms with Crippen LogP contribution in [0.25, 0.3) is 22.0 Å². The molecule has 3 N–H and O–H groups in total. The molecule has 0 bridgehead atoms. The van der Waals surface area contributed by atoms with E-state index in [1.807, 2.05) is 29.8 Å². The zero-order valence-corrected chi connectivity index (χ0v) is 20.6. The van der Waals surface area contributed by atoms with Crippen molar-refractivity contribution in [2.45, 2.75) is 31.7 Å². The number of nitriles is 1. The van der Waals surface area contributed by atoms with Crippen LogP contribution < -0.4 is 10.6 Å². The molecule has 5 aromatic rings. The van der Waals surface area contributed by atoms with Gasteiger partial charge in [-0.15, -0.1) is 16.4 Å². The van der Waals surface area contributed by atoms with Crippen molar-refractivity contribution in [3.8, 4) is 17.2 Å². The van der Waals surface area contributed by atoms with E-state index in [9.17, 15) is 5.26 Å². The second-order valence-corrected chi connectivity index (χ2v) is 10.0. The monoisotopic (exact) mass is 494 g/mol. The Bertz CT molecular complexity index is 1530. The molecule has 4 heterocycles. The number of benzene rings is 2. The van der Waals surface area contributed by atoms with Gasteiger partial charge in [-0.05, 0) is 48.6 Å². The van der Waals surface area contributed by atoms with E-state index in [0.29, 0.717) is 11.6 Å². The molecule has 0 aliphatic carbocycles. The molecule has 1 aliphatic heterocycles. The second-order valence-electron chi connectivity index (χ2n) is 9.17. The van der Waals surface area contributed by atoms with Crippen molar-refractivity contribution >= 4 is 33.3 Å². The fourth-order valence-corrected chi connectivity index (χ4v) is 5.83. The van der Waals surface area contributed by atoms with Gasteiger partial charge in [-0.1, -0.05) is 24.3 Å². The van der Waals surface area contributed by atoms with Crippen molar-refractivity contribution in [1.29, 1.82) is 5.26 Å². The number of hydrogen-bond donors (Lipinski definition) is 2. The van der Waals surface area contributed by atoms with E-state index >= 15 is 0 Å². The molecule has 0 amide bonds. The zero-order chi connectivity index (χ0) is 24.5. The molecule has 0 unspecified atom stereocenters. The van der Waals surface area contributed by atoms with Crippen LogP contribution >= 0.6 is 11.3 Å². The number of aryl methyl sites for hydroxylation is 2. The predicted octanol–water partition coefficient (Wildman–Crippen LogP) is 4.96. The quantitative estimate of drug-likeness (QED) is 0.345. The van der Waals surface area contributed by atoms with Gasteiger partial charge in [-0.3, -0.25) is 5.10 Å². The first-order chi connectivity index (χ1) is 17.7. The Labute approximate surface area is 213 Å². The average molecular weight is 495 g/mol. The number of aromatic nitrogens is 5. The summed E-state index contributed by atoms with van der Waals surface area (Å²) in [4.78, 5) is 11.1. The first-order valence-corrected chi connectivity index (χ1v) is 13.0. The van der Waals surface area contributed by atoms with Crippen LogP contribution in [0, 0.1) is 11.3 Å². The maximum absolute atomic E-state index is 9.44. The number of nitrogens with two attached hydrogens (primary N) is 1. The van der Waals surface area contributed by atoms with Crippen LogP contribution in [0.5, 0.6) is 0 Å². The molecule has 6 rings (SSSR count). The fourth-order valence-electron chi connectivity index (χ4n) is 5.13. The average Bonchev–Trinajstić information content (AvgIpc) is 3.68. The van der Waals surface area contributed by atoms with Gasteiger partial charge in [0.2, 0.25) is 5.95 Å². The summed E-state index contributed by atoms with van der Waals surface area (Å²) in [5.41, 5.74) is 11.0. The SMILES string of the molecule is N#Cc1cccc(-c2cn(C3CCN(c4nccs4)CC3)c3cc(CCc4nc(N)n[nH]4)ccc23)c1. The summed E-state index contributed by atoms with van der Waals surface area (Å²) in [6.07, 6.45) is 7.87. The number of anilines is 2. The summed E-state index contributed by atoms with van der Waals surface area (Å²) in [6.45, 7) is 1.98. The lowest BCUT2D eigenvalue weighted by molar-refractivity contribution is 0.405. The number of nitrogens with zero attached hydrogens (tertiary/aromatic N) is 6. The Balaban J connectivity index is 1.34. The Morgan fingerprint density at radius 2 is 2.03 bits per heavy atom. The summed E-state index contributed by atoms with van der Waals surface area (Å²) in [5, 5.41) is 20.6. The lowest BCUT2D eigenvalue weighted by Gasteiger charge is -2.33. The Morgan fingerprint density at radius 3 is 2.78 bits per heavy atom. The summed E-state index contributed by atoms with van der Waals surface area (Å²) < 4.78 is 2.46. The molecule has 0 radical (unpaired) electrons. The van der Waals surface area contributed by atoms with E-state index < -0.39 is 0 Å². The molecule has 9 heteroatoms. The molecule has 0 atom stereocenters. The third-order valence-corrected chi connectivity index (χ3v) is 7.78. The van der Waals surface area contributed by atoms with Gasteiger partial charge in [0.25, 0.3) is 0 Å². The summed E-state index contributed by atoms with van der Waals surface area (Å²) in [6, 6.07) is 17.3. The first-order valence-electron chi connectivity index (χ1n) is 12.1. The summed E-state index contributed by atoms with van der Waals surface area (Å²) in [7, 11) is 0. The van der Waals surface area contributed by atoms with Crippen LogP contribution in [0.2, 0.25) is 0 Å². The number of thiazole rings is 1. The molecule has 0 saturated carbocycles. The molecule has 2 aromatic carbocycles. The standard InChI is InChI=1S/C27H26N8S/c28-16-19-2-1-3-20(14-19)23-17-35(21-8-11-34(12-9-21)27-30-10-13-36-27)24-15-18(4-6-22(23)24)5-7-25-31-26(29)33-32-25/h1-4,6,10,13-15,17,21H,5,7-9,11-12H2,(H3,29,31,32,33). The third-order valence-electron chi connectivity index (χ3n) is 6.95. The van der Waals surface area contributed by atoms with Crippen molar-refractivity contribution in [3.63, 3.8) is 0 Å². The van der Waals surface area contributed by atoms with E-state index in [0.717, 1.165) is 55.3 Å². The Kier molecular flexibility index (Phi) is 5.87. The van der Waals surface area contributed by atoms with Crippen LogP contribution in [-0.2, 0) is 12.8 Å². The van der Waals surface area contributed by atoms with Crippen LogP contribution in [0.15, 0.2) is 60.2 Å². The van der Waals surface area contributed by atoms with Gasteiger partial charge >= 0.3 is 0 Å². The minimum Gasteiger partial charge on any atom is -0.367 e. The lowest BCUT2D eigenvalue weighted by Crippen LogP contribution is -2.34. The molecule has 1 aliphatic rings. The van der Waals surface area contributed by atoms with Crippen LogP contribution in [-0.4, -0.2) is 37.8 Å². The van der Waals surface area contributed by atoms with Gasteiger partial charge < -0.3 is 15.2 Å². The highest BCUT2D eigenvalue weighted by Gasteiger charge is 2.24. The van der Waals surface area contributed by atoms with Gasteiger partial charge in [-0.2, -0.15) is 10.2 Å². The first kappa shape index (κ1) is 22.3.